The highest BCUT2D eigenvalue weighted by atomic mass is 32.2. The van der Waals surface area contributed by atoms with Crippen molar-refractivity contribution in [2.75, 3.05) is 25.1 Å². The predicted octanol–water partition coefficient (Wildman–Crippen LogP) is 0.542. The maximum atomic E-state index is 12.2. The number of carboxylic acids is 1. The SMILES string of the molecule is CSCC[C@H](N)C(=O)N(CC(=O)O)CC(F)(F)F. The topological polar surface area (TPSA) is 83.6 Å². The predicted molar refractivity (Wildman–Crippen MR) is 61.2 cm³/mol. The minimum atomic E-state index is -4.65. The van der Waals surface area contributed by atoms with Crippen molar-refractivity contribution < 1.29 is 27.9 Å². The van der Waals surface area contributed by atoms with Crippen molar-refractivity contribution in [3.05, 3.63) is 0 Å². The number of amides is 1. The molecule has 0 heterocycles. The van der Waals surface area contributed by atoms with Crippen LogP contribution in [0, 0.1) is 0 Å². The Morgan fingerprint density at radius 2 is 2.00 bits per heavy atom. The number of nitrogens with two attached hydrogens (primary N) is 1. The molecule has 0 aliphatic carbocycles. The summed E-state index contributed by atoms with van der Waals surface area (Å²) >= 11 is 1.40. The first-order valence-corrected chi connectivity index (χ1v) is 6.38. The summed E-state index contributed by atoms with van der Waals surface area (Å²) in [6, 6.07) is -1.11. The molecule has 0 saturated carbocycles. The molecule has 0 aliphatic heterocycles. The van der Waals surface area contributed by atoms with Crippen LogP contribution in [-0.4, -0.2) is 59.2 Å². The molecule has 18 heavy (non-hydrogen) atoms. The van der Waals surface area contributed by atoms with Crippen molar-refractivity contribution >= 4 is 23.6 Å². The molecular weight excluding hydrogens is 273 g/mol. The van der Waals surface area contributed by atoms with Crippen LogP contribution in [0.5, 0.6) is 0 Å². The van der Waals surface area contributed by atoms with E-state index < -0.39 is 37.2 Å². The number of alkyl halides is 3. The van der Waals surface area contributed by atoms with Crippen molar-refractivity contribution in [3.63, 3.8) is 0 Å². The lowest BCUT2D eigenvalue weighted by molar-refractivity contribution is -0.166. The summed E-state index contributed by atoms with van der Waals surface area (Å²) in [6.07, 6.45) is -2.68. The number of aliphatic carboxylic acids is 1. The maximum absolute atomic E-state index is 12.2. The molecule has 5 nitrogen and oxygen atoms in total. The van der Waals surface area contributed by atoms with Gasteiger partial charge in [-0.15, -0.1) is 0 Å². The number of rotatable bonds is 7. The van der Waals surface area contributed by atoms with E-state index in [2.05, 4.69) is 0 Å². The molecule has 3 N–H and O–H groups in total. The van der Waals surface area contributed by atoms with Gasteiger partial charge in [0.05, 0.1) is 6.04 Å². The van der Waals surface area contributed by atoms with Crippen LogP contribution in [0.4, 0.5) is 13.2 Å². The minimum absolute atomic E-state index is 0.202. The average molecular weight is 288 g/mol. The van der Waals surface area contributed by atoms with Gasteiger partial charge < -0.3 is 15.7 Å². The Balaban J connectivity index is 4.63. The van der Waals surface area contributed by atoms with E-state index in [1.54, 1.807) is 6.26 Å². The smallest absolute Gasteiger partial charge is 0.406 e. The molecule has 9 heteroatoms. The van der Waals surface area contributed by atoms with Gasteiger partial charge in [0.2, 0.25) is 5.91 Å². The Hall–Kier alpha value is -0.960. The van der Waals surface area contributed by atoms with E-state index in [1.165, 1.54) is 11.8 Å². The lowest BCUT2D eigenvalue weighted by Gasteiger charge is -2.25. The van der Waals surface area contributed by atoms with Crippen LogP contribution in [0.15, 0.2) is 0 Å². The molecule has 1 amide bonds. The maximum Gasteiger partial charge on any atom is 0.406 e. The second kappa shape index (κ2) is 7.47. The summed E-state index contributed by atoms with van der Waals surface area (Å²) in [4.78, 5) is 22.2. The van der Waals surface area contributed by atoms with Gasteiger partial charge in [-0.3, -0.25) is 9.59 Å². The quantitative estimate of drug-likeness (QED) is 0.714. The molecule has 106 valence electrons. The van der Waals surface area contributed by atoms with Gasteiger partial charge in [0.1, 0.15) is 13.1 Å². The molecule has 0 aliphatic rings. The molecule has 0 aromatic carbocycles. The van der Waals surface area contributed by atoms with Crippen LogP contribution >= 0.6 is 11.8 Å². The minimum Gasteiger partial charge on any atom is -0.480 e. The van der Waals surface area contributed by atoms with E-state index in [9.17, 15) is 22.8 Å². The second-order valence-electron chi connectivity index (χ2n) is 3.59. The highest BCUT2D eigenvalue weighted by Gasteiger charge is 2.35. The number of hydrogen-bond acceptors (Lipinski definition) is 4. The highest BCUT2D eigenvalue weighted by Crippen LogP contribution is 2.17. The van der Waals surface area contributed by atoms with Crippen LogP contribution in [0.25, 0.3) is 0 Å². The van der Waals surface area contributed by atoms with Gasteiger partial charge in [0.15, 0.2) is 0 Å². The Morgan fingerprint density at radius 3 is 2.39 bits per heavy atom. The van der Waals surface area contributed by atoms with E-state index in [0.717, 1.165) is 0 Å². The summed E-state index contributed by atoms with van der Waals surface area (Å²) in [7, 11) is 0. The van der Waals surface area contributed by atoms with Gasteiger partial charge in [-0.05, 0) is 18.4 Å². The second-order valence-corrected chi connectivity index (χ2v) is 4.58. The van der Waals surface area contributed by atoms with E-state index in [1.807, 2.05) is 0 Å². The fraction of sp³-hybridized carbons (Fsp3) is 0.778. The third-order valence-corrected chi connectivity index (χ3v) is 2.60. The number of thioether (sulfide) groups is 1. The van der Waals surface area contributed by atoms with Gasteiger partial charge in [-0.25, -0.2) is 0 Å². The molecule has 0 rings (SSSR count). The van der Waals surface area contributed by atoms with Gasteiger partial charge in [0, 0.05) is 0 Å². The van der Waals surface area contributed by atoms with Gasteiger partial charge >= 0.3 is 12.1 Å². The van der Waals surface area contributed by atoms with Crippen molar-refractivity contribution in [1.82, 2.24) is 4.90 Å². The Bertz CT molecular complexity index is 299. The molecule has 0 spiro atoms. The third-order valence-electron chi connectivity index (χ3n) is 1.96. The molecule has 0 unspecified atom stereocenters. The molecule has 1 atom stereocenters. The molecule has 0 fully saturated rings. The highest BCUT2D eigenvalue weighted by molar-refractivity contribution is 7.98. The fourth-order valence-electron chi connectivity index (χ4n) is 1.19. The zero-order valence-electron chi connectivity index (χ0n) is 9.74. The molecular formula is C9H15F3N2O3S. The molecule has 0 aromatic rings. The van der Waals surface area contributed by atoms with Gasteiger partial charge in [0.25, 0.3) is 0 Å². The first-order chi connectivity index (χ1) is 8.17. The summed E-state index contributed by atoms with van der Waals surface area (Å²) in [5.41, 5.74) is 5.43. The first-order valence-electron chi connectivity index (χ1n) is 4.99. The monoisotopic (exact) mass is 288 g/mol. The fourth-order valence-corrected chi connectivity index (χ4v) is 1.68. The Kier molecular flexibility index (Phi) is 7.07. The number of carbonyl (C=O) groups is 2. The Labute approximate surface area is 106 Å². The summed E-state index contributed by atoms with van der Waals surface area (Å²) in [5, 5.41) is 8.48. The number of nitrogens with zero attached hydrogens (tertiary/aromatic N) is 1. The van der Waals surface area contributed by atoms with Crippen molar-refractivity contribution in [2.45, 2.75) is 18.6 Å². The Morgan fingerprint density at radius 1 is 1.44 bits per heavy atom. The zero-order chi connectivity index (χ0) is 14.3. The third kappa shape index (κ3) is 7.38. The van der Waals surface area contributed by atoms with Crippen LogP contribution in [0.2, 0.25) is 0 Å². The zero-order valence-corrected chi connectivity index (χ0v) is 10.6. The lowest BCUT2D eigenvalue weighted by atomic mass is 10.2. The van der Waals surface area contributed by atoms with Crippen LogP contribution < -0.4 is 5.73 Å². The van der Waals surface area contributed by atoms with Crippen molar-refractivity contribution in [1.29, 1.82) is 0 Å². The van der Waals surface area contributed by atoms with E-state index in [-0.39, 0.29) is 11.3 Å². The largest absolute Gasteiger partial charge is 0.480 e. The molecule has 0 aromatic heterocycles. The summed E-state index contributed by atoms with van der Waals surface area (Å²) in [5.74, 6) is -1.99. The normalized spacial score (nSPS) is 13.2. The first kappa shape index (κ1) is 17.0. The summed E-state index contributed by atoms with van der Waals surface area (Å²) < 4.78 is 36.6. The molecule has 0 radical (unpaired) electrons. The van der Waals surface area contributed by atoms with Crippen molar-refractivity contribution in [2.24, 2.45) is 5.73 Å². The molecule has 0 saturated heterocycles. The van der Waals surface area contributed by atoms with Crippen LogP contribution in [0.1, 0.15) is 6.42 Å². The van der Waals surface area contributed by atoms with Gasteiger partial charge in [-0.2, -0.15) is 24.9 Å². The van der Waals surface area contributed by atoms with E-state index in [0.29, 0.717) is 5.75 Å². The van der Waals surface area contributed by atoms with Crippen molar-refractivity contribution in [3.8, 4) is 0 Å². The van der Waals surface area contributed by atoms with Crippen LogP contribution in [-0.2, 0) is 9.59 Å². The van der Waals surface area contributed by atoms with Crippen LogP contribution in [0.3, 0.4) is 0 Å². The number of halogens is 3. The number of hydrogen-bond donors (Lipinski definition) is 2. The van der Waals surface area contributed by atoms with E-state index >= 15 is 0 Å². The summed E-state index contributed by atoms with van der Waals surface area (Å²) in [6.45, 7) is -2.61. The average Bonchev–Trinajstić information content (AvgIpc) is 2.21. The molecule has 0 bridgehead atoms. The number of carbonyl (C=O) groups excluding carboxylic acids is 1. The lowest BCUT2D eigenvalue weighted by Crippen LogP contribution is -2.49. The standard InChI is InChI=1S/C9H15F3N2O3S/c1-18-3-2-6(13)8(17)14(4-7(15)16)5-9(10,11)12/h6H,2-5,13H2,1H3,(H,15,16)/t6-/m0/s1. The number of carboxylic acid groups (broad SMARTS) is 1. The van der Waals surface area contributed by atoms with Gasteiger partial charge in [-0.1, -0.05) is 0 Å². The van der Waals surface area contributed by atoms with E-state index in [4.69, 9.17) is 10.8 Å².